The number of nitrogens with zero attached hydrogens (tertiary/aromatic N) is 2. The maximum atomic E-state index is 10.9. The second-order valence-electron chi connectivity index (χ2n) is 2.19. The molecule has 1 rings (SSSR count). The smallest absolute Gasteiger partial charge is 0.339 e. The summed E-state index contributed by atoms with van der Waals surface area (Å²) in [5.41, 5.74) is 0. The number of carbonyl (C=O) groups excluding carboxylic acids is 2. The van der Waals surface area contributed by atoms with E-state index in [1.165, 1.54) is 23.7 Å². The van der Waals surface area contributed by atoms with Crippen LogP contribution in [-0.4, -0.2) is 41.9 Å². The summed E-state index contributed by atoms with van der Waals surface area (Å²) in [4.78, 5) is 26.8. The summed E-state index contributed by atoms with van der Waals surface area (Å²) >= 11 is 1.27. The Balaban J connectivity index is 2.70. The van der Waals surface area contributed by atoms with Gasteiger partial charge in [-0.3, -0.25) is 9.69 Å². The molecule has 0 saturated carbocycles. The van der Waals surface area contributed by atoms with E-state index < -0.39 is 6.03 Å². The van der Waals surface area contributed by atoms with Gasteiger partial charge in [0.25, 0.3) is 0 Å². The molecule has 1 N–H and O–H groups in total. The minimum atomic E-state index is -0.431. The van der Waals surface area contributed by atoms with Crippen molar-refractivity contribution in [3.05, 3.63) is 0 Å². The number of amides is 3. The van der Waals surface area contributed by atoms with Crippen LogP contribution in [0.25, 0.3) is 0 Å². The summed E-state index contributed by atoms with van der Waals surface area (Å²) < 4.78 is 0. The lowest BCUT2D eigenvalue weighted by Crippen LogP contribution is -2.26. The van der Waals surface area contributed by atoms with Gasteiger partial charge in [-0.2, -0.15) is 4.99 Å². The summed E-state index contributed by atoms with van der Waals surface area (Å²) in [5.74, 6) is 0.342. The third kappa shape index (κ3) is 1.76. The number of nitrogens with one attached hydrogen (secondary N) is 1. The largest absolute Gasteiger partial charge is 0.343 e. The van der Waals surface area contributed by atoms with Crippen molar-refractivity contribution in [2.24, 2.45) is 4.99 Å². The van der Waals surface area contributed by atoms with Crippen molar-refractivity contribution < 1.29 is 9.59 Å². The van der Waals surface area contributed by atoms with Gasteiger partial charge < -0.3 is 5.32 Å². The average molecular weight is 187 g/mol. The van der Waals surface area contributed by atoms with Crippen molar-refractivity contribution in [2.45, 2.75) is 0 Å². The first-order chi connectivity index (χ1) is 5.65. The van der Waals surface area contributed by atoms with E-state index in [9.17, 15) is 9.59 Å². The Morgan fingerprint density at radius 2 is 2.42 bits per heavy atom. The molecule has 6 heteroatoms. The van der Waals surface area contributed by atoms with Crippen LogP contribution in [0.2, 0.25) is 0 Å². The summed E-state index contributed by atoms with van der Waals surface area (Å²) in [7, 11) is 3.10. The average Bonchev–Trinajstić information content (AvgIpc) is 2.36. The standard InChI is InChI=1S/C6H9N3O2S/c1-7-5(11)8-6-9(2)4(10)3-12-6/h3H2,1-2H3,(H,7,11)/b8-6-. The van der Waals surface area contributed by atoms with E-state index in [-0.39, 0.29) is 5.91 Å². The molecule has 5 nitrogen and oxygen atoms in total. The van der Waals surface area contributed by atoms with Crippen molar-refractivity contribution in [2.75, 3.05) is 19.8 Å². The molecule has 0 aliphatic carbocycles. The Hall–Kier alpha value is -1.04. The molecule has 0 aromatic heterocycles. The van der Waals surface area contributed by atoms with Crippen LogP contribution in [0.1, 0.15) is 0 Å². The van der Waals surface area contributed by atoms with Gasteiger partial charge in [-0.15, -0.1) is 0 Å². The van der Waals surface area contributed by atoms with Crippen molar-refractivity contribution in [3.63, 3.8) is 0 Å². The number of amidine groups is 1. The predicted molar refractivity (Wildman–Crippen MR) is 47.1 cm³/mol. The molecular weight excluding hydrogens is 178 g/mol. The van der Waals surface area contributed by atoms with Gasteiger partial charge in [-0.25, -0.2) is 4.79 Å². The number of urea groups is 1. The fraction of sp³-hybridized carbons (Fsp3) is 0.500. The molecule has 0 aromatic rings. The molecule has 1 aliphatic heterocycles. The van der Waals surface area contributed by atoms with Gasteiger partial charge in [0.1, 0.15) is 0 Å². The SMILES string of the molecule is CNC(=O)/N=C1\SCC(=O)N1C. The Morgan fingerprint density at radius 3 is 2.83 bits per heavy atom. The molecule has 1 aliphatic rings. The van der Waals surface area contributed by atoms with Crippen LogP contribution < -0.4 is 5.32 Å². The van der Waals surface area contributed by atoms with Crippen molar-refractivity contribution in [1.29, 1.82) is 0 Å². The number of rotatable bonds is 0. The summed E-state index contributed by atoms with van der Waals surface area (Å²) in [6, 6.07) is -0.431. The van der Waals surface area contributed by atoms with E-state index in [0.717, 1.165) is 0 Å². The first-order valence-corrected chi connectivity index (χ1v) is 4.33. The van der Waals surface area contributed by atoms with Crippen molar-refractivity contribution in [1.82, 2.24) is 10.2 Å². The molecule has 0 unspecified atom stereocenters. The second-order valence-corrected chi connectivity index (χ2v) is 3.13. The number of hydrogen-bond acceptors (Lipinski definition) is 3. The van der Waals surface area contributed by atoms with Gasteiger partial charge >= 0.3 is 6.03 Å². The lowest BCUT2D eigenvalue weighted by Gasteiger charge is -2.06. The highest BCUT2D eigenvalue weighted by Crippen LogP contribution is 2.16. The lowest BCUT2D eigenvalue weighted by atomic mass is 10.6. The zero-order valence-corrected chi connectivity index (χ0v) is 7.64. The number of aliphatic imine (C=N–C) groups is 1. The zero-order chi connectivity index (χ0) is 9.14. The van der Waals surface area contributed by atoms with Crippen LogP contribution in [0.4, 0.5) is 4.79 Å². The van der Waals surface area contributed by atoms with Crippen LogP contribution >= 0.6 is 11.8 Å². The number of carbonyl (C=O) groups is 2. The molecule has 0 spiro atoms. The lowest BCUT2D eigenvalue weighted by molar-refractivity contribution is -0.123. The molecule has 0 bridgehead atoms. The van der Waals surface area contributed by atoms with Crippen LogP contribution in [0.15, 0.2) is 4.99 Å². The number of thioether (sulfide) groups is 1. The maximum absolute atomic E-state index is 10.9. The highest BCUT2D eigenvalue weighted by atomic mass is 32.2. The molecule has 12 heavy (non-hydrogen) atoms. The molecule has 1 saturated heterocycles. The van der Waals surface area contributed by atoms with E-state index in [2.05, 4.69) is 10.3 Å². The molecule has 3 amide bonds. The fourth-order valence-corrected chi connectivity index (χ4v) is 1.57. The zero-order valence-electron chi connectivity index (χ0n) is 6.83. The Kier molecular flexibility index (Phi) is 2.69. The van der Waals surface area contributed by atoms with Gasteiger partial charge in [-0.05, 0) is 0 Å². The van der Waals surface area contributed by atoms with Crippen LogP contribution in [0, 0.1) is 0 Å². The summed E-state index contributed by atoms with van der Waals surface area (Å²) in [6.07, 6.45) is 0. The van der Waals surface area contributed by atoms with E-state index in [1.54, 1.807) is 7.05 Å². The molecule has 0 atom stereocenters. The van der Waals surface area contributed by atoms with Gasteiger partial charge in [0.2, 0.25) is 5.91 Å². The topological polar surface area (TPSA) is 61.8 Å². The minimum Gasteiger partial charge on any atom is -0.339 e. The van der Waals surface area contributed by atoms with Gasteiger partial charge in [-0.1, -0.05) is 11.8 Å². The van der Waals surface area contributed by atoms with Crippen LogP contribution in [0.5, 0.6) is 0 Å². The van der Waals surface area contributed by atoms with Crippen LogP contribution in [0.3, 0.4) is 0 Å². The molecule has 0 radical (unpaired) electrons. The fourth-order valence-electron chi connectivity index (χ4n) is 0.677. The predicted octanol–water partition coefficient (Wildman–Crippen LogP) is -0.113. The summed E-state index contributed by atoms with van der Waals surface area (Å²) in [6.45, 7) is 0. The van der Waals surface area contributed by atoms with E-state index in [4.69, 9.17) is 0 Å². The van der Waals surface area contributed by atoms with E-state index in [1.807, 2.05) is 0 Å². The Bertz CT molecular complexity index is 251. The van der Waals surface area contributed by atoms with Gasteiger partial charge in [0.05, 0.1) is 5.75 Å². The third-order valence-corrected chi connectivity index (χ3v) is 2.41. The third-order valence-electron chi connectivity index (χ3n) is 1.40. The highest BCUT2D eigenvalue weighted by molar-refractivity contribution is 8.15. The van der Waals surface area contributed by atoms with Crippen molar-refractivity contribution in [3.8, 4) is 0 Å². The normalized spacial score (nSPS) is 20.3. The monoisotopic (exact) mass is 187 g/mol. The first-order valence-electron chi connectivity index (χ1n) is 3.35. The molecular formula is C6H9N3O2S. The quantitative estimate of drug-likeness (QED) is 0.575. The second kappa shape index (κ2) is 3.57. The van der Waals surface area contributed by atoms with Crippen molar-refractivity contribution >= 4 is 28.9 Å². The van der Waals surface area contributed by atoms with Gasteiger partial charge in [0, 0.05) is 14.1 Å². The van der Waals surface area contributed by atoms with E-state index >= 15 is 0 Å². The molecule has 0 aromatic carbocycles. The highest BCUT2D eigenvalue weighted by Gasteiger charge is 2.24. The Labute approximate surface area is 74.2 Å². The molecule has 66 valence electrons. The van der Waals surface area contributed by atoms with Crippen LogP contribution in [-0.2, 0) is 4.79 Å². The van der Waals surface area contributed by atoms with Gasteiger partial charge in [0.15, 0.2) is 5.17 Å². The molecule has 1 heterocycles. The maximum Gasteiger partial charge on any atom is 0.343 e. The first kappa shape index (κ1) is 9.05. The minimum absolute atomic E-state index is 0.0253. The van der Waals surface area contributed by atoms with E-state index in [0.29, 0.717) is 10.9 Å². The Morgan fingerprint density at radius 1 is 1.75 bits per heavy atom. The summed E-state index contributed by atoms with van der Waals surface area (Å²) in [5, 5.41) is 2.81. The number of hydrogen-bond donors (Lipinski definition) is 1. The molecule has 1 fully saturated rings.